The van der Waals surface area contributed by atoms with Crippen molar-refractivity contribution in [2.45, 2.75) is 37.8 Å². The van der Waals surface area contributed by atoms with E-state index < -0.39 is 16.1 Å². The number of amides is 1. The molecule has 1 amide bonds. The largest absolute Gasteiger partial charge is 0.348 e. The highest BCUT2D eigenvalue weighted by atomic mass is 32.2. The van der Waals surface area contributed by atoms with Crippen LogP contribution in [0.2, 0.25) is 0 Å². The van der Waals surface area contributed by atoms with Crippen LogP contribution in [0.15, 0.2) is 29.2 Å². The van der Waals surface area contributed by atoms with Gasteiger partial charge in [0.05, 0.1) is 17.0 Å². The van der Waals surface area contributed by atoms with Crippen molar-refractivity contribution in [2.24, 2.45) is 11.7 Å². The van der Waals surface area contributed by atoms with Gasteiger partial charge in [0.1, 0.15) is 0 Å². The van der Waals surface area contributed by atoms with Gasteiger partial charge in [-0.3, -0.25) is 4.79 Å². The van der Waals surface area contributed by atoms with Crippen LogP contribution < -0.4 is 15.8 Å². The molecule has 21 heavy (non-hydrogen) atoms. The minimum absolute atomic E-state index is 0.0559. The van der Waals surface area contributed by atoms with Gasteiger partial charge in [0, 0.05) is 0 Å². The molecule has 4 N–H and O–H groups in total. The summed E-state index contributed by atoms with van der Waals surface area (Å²) >= 11 is 0. The van der Waals surface area contributed by atoms with E-state index in [9.17, 15) is 13.2 Å². The van der Waals surface area contributed by atoms with Crippen molar-refractivity contribution in [1.82, 2.24) is 10.0 Å². The van der Waals surface area contributed by atoms with Gasteiger partial charge >= 0.3 is 0 Å². The molecule has 1 aromatic carbocycles. The van der Waals surface area contributed by atoms with Gasteiger partial charge in [0.15, 0.2) is 0 Å². The van der Waals surface area contributed by atoms with Gasteiger partial charge in [0.2, 0.25) is 15.9 Å². The van der Waals surface area contributed by atoms with E-state index in [-0.39, 0.29) is 22.8 Å². The molecule has 0 saturated carbocycles. The lowest BCUT2D eigenvalue weighted by Gasteiger charge is -2.20. The van der Waals surface area contributed by atoms with Crippen LogP contribution in [0.1, 0.15) is 32.4 Å². The summed E-state index contributed by atoms with van der Waals surface area (Å²) in [5.74, 6) is -0.162. The molecular formula is C14H23N3O3S. The number of benzene rings is 1. The smallest absolute Gasteiger partial charge is 0.240 e. The monoisotopic (exact) mass is 313 g/mol. The van der Waals surface area contributed by atoms with Gasteiger partial charge in [-0.15, -0.1) is 0 Å². The Morgan fingerprint density at radius 1 is 1.14 bits per heavy atom. The van der Waals surface area contributed by atoms with E-state index in [1.165, 1.54) is 19.2 Å². The number of hydrogen-bond donors (Lipinski definition) is 3. The van der Waals surface area contributed by atoms with Crippen molar-refractivity contribution in [2.75, 3.05) is 7.05 Å². The first-order valence-electron chi connectivity index (χ1n) is 6.78. The predicted molar refractivity (Wildman–Crippen MR) is 82.1 cm³/mol. The molecular weight excluding hydrogens is 290 g/mol. The first-order valence-corrected chi connectivity index (χ1v) is 8.26. The van der Waals surface area contributed by atoms with E-state index in [1.54, 1.807) is 12.1 Å². The van der Waals surface area contributed by atoms with Crippen LogP contribution in [0.4, 0.5) is 0 Å². The molecule has 0 aliphatic rings. The molecule has 0 aliphatic carbocycles. The Bertz CT molecular complexity index is 582. The van der Waals surface area contributed by atoms with E-state index >= 15 is 0 Å². The molecule has 7 heteroatoms. The number of hydrogen-bond acceptors (Lipinski definition) is 4. The Morgan fingerprint density at radius 2 is 1.67 bits per heavy atom. The molecule has 0 aromatic heterocycles. The van der Waals surface area contributed by atoms with Crippen LogP contribution in [0.3, 0.4) is 0 Å². The maximum absolute atomic E-state index is 11.9. The van der Waals surface area contributed by atoms with Crippen molar-refractivity contribution in [3.8, 4) is 0 Å². The van der Waals surface area contributed by atoms with Crippen molar-refractivity contribution in [1.29, 1.82) is 0 Å². The third-order valence-electron chi connectivity index (χ3n) is 3.34. The average molecular weight is 313 g/mol. The molecule has 0 saturated heterocycles. The molecule has 1 rings (SSSR count). The minimum Gasteiger partial charge on any atom is -0.348 e. The number of sulfonamides is 1. The van der Waals surface area contributed by atoms with Gasteiger partial charge in [-0.25, -0.2) is 13.1 Å². The topological polar surface area (TPSA) is 101 Å². The number of nitrogens with one attached hydrogen (secondary N) is 2. The number of carbonyl (C=O) groups is 1. The lowest BCUT2D eigenvalue weighted by Crippen LogP contribution is -2.44. The number of nitrogens with two attached hydrogens (primary N) is 1. The Kier molecular flexibility index (Phi) is 5.88. The maximum Gasteiger partial charge on any atom is 0.240 e. The Labute approximate surface area is 126 Å². The predicted octanol–water partition coefficient (Wildman–Crippen LogP) is 0.755. The van der Waals surface area contributed by atoms with Gasteiger partial charge in [0.25, 0.3) is 0 Å². The zero-order valence-electron chi connectivity index (χ0n) is 12.8. The molecule has 0 heterocycles. The van der Waals surface area contributed by atoms with Crippen molar-refractivity contribution < 1.29 is 13.2 Å². The van der Waals surface area contributed by atoms with Crippen LogP contribution in [0, 0.1) is 5.92 Å². The quantitative estimate of drug-likeness (QED) is 0.721. The maximum atomic E-state index is 11.9. The van der Waals surface area contributed by atoms with E-state index in [1.807, 2.05) is 20.8 Å². The van der Waals surface area contributed by atoms with Crippen molar-refractivity contribution in [3.63, 3.8) is 0 Å². The highest BCUT2D eigenvalue weighted by Crippen LogP contribution is 2.16. The third kappa shape index (κ3) is 4.52. The molecule has 0 radical (unpaired) electrons. The summed E-state index contributed by atoms with van der Waals surface area (Å²) in [5.41, 5.74) is 6.60. The fourth-order valence-corrected chi connectivity index (χ4v) is 2.48. The fraction of sp³-hybridized carbons (Fsp3) is 0.500. The summed E-state index contributed by atoms with van der Waals surface area (Å²) in [6.07, 6.45) is 0. The highest BCUT2D eigenvalue weighted by Gasteiger charge is 2.19. The van der Waals surface area contributed by atoms with E-state index in [4.69, 9.17) is 5.73 Å². The number of carbonyl (C=O) groups excluding carboxylic acids is 1. The molecule has 0 spiro atoms. The minimum atomic E-state index is -3.45. The lowest BCUT2D eigenvalue weighted by molar-refractivity contribution is -0.123. The standard InChI is InChI=1S/C14H23N3O3S/c1-9(2)13(15)14(18)17-10(3)11-5-7-12(8-6-11)21(19,20)16-4/h5-10,13,16H,15H2,1-4H3,(H,17,18)/t10?,13-/m0/s1. The zero-order chi connectivity index (χ0) is 16.2. The summed E-state index contributed by atoms with van der Waals surface area (Å²) in [7, 11) is -2.09. The van der Waals surface area contributed by atoms with E-state index in [0.29, 0.717) is 0 Å². The second kappa shape index (κ2) is 7.02. The second-order valence-electron chi connectivity index (χ2n) is 5.28. The summed E-state index contributed by atoms with van der Waals surface area (Å²) < 4.78 is 25.5. The third-order valence-corrected chi connectivity index (χ3v) is 4.77. The molecule has 1 aromatic rings. The average Bonchev–Trinajstić information content (AvgIpc) is 2.46. The second-order valence-corrected chi connectivity index (χ2v) is 7.16. The summed E-state index contributed by atoms with van der Waals surface area (Å²) in [4.78, 5) is 12.1. The SMILES string of the molecule is CNS(=O)(=O)c1ccc(C(C)NC(=O)[C@@H](N)C(C)C)cc1. The molecule has 1 unspecified atom stereocenters. The first kappa shape index (κ1) is 17.6. The summed E-state index contributed by atoms with van der Waals surface area (Å²) in [6, 6.07) is 5.56. The molecule has 6 nitrogen and oxygen atoms in total. The summed E-state index contributed by atoms with van der Waals surface area (Å²) in [6.45, 7) is 5.59. The summed E-state index contributed by atoms with van der Waals surface area (Å²) in [5, 5.41) is 2.82. The normalized spacial score (nSPS) is 14.8. The van der Waals surface area contributed by atoms with Gasteiger partial charge in [-0.1, -0.05) is 26.0 Å². The highest BCUT2D eigenvalue weighted by molar-refractivity contribution is 7.89. The van der Waals surface area contributed by atoms with Gasteiger partial charge in [-0.05, 0) is 37.6 Å². The van der Waals surface area contributed by atoms with Crippen LogP contribution >= 0.6 is 0 Å². The van der Waals surface area contributed by atoms with Crippen LogP contribution in [0.5, 0.6) is 0 Å². The van der Waals surface area contributed by atoms with Crippen molar-refractivity contribution >= 4 is 15.9 Å². The molecule has 0 aliphatic heterocycles. The molecule has 0 fully saturated rings. The first-order chi connectivity index (χ1) is 9.69. The molecule has 0 bridgehead atoms. The molecule has 118 valence electrons. The zero-order valence-corrected chi connectivity index (χ0v) is 13.6. The lowest BCUT2D eigenvalue weighted by atomic mass is 10.0. The van der Waals surface area contributed by atoms with Gasteiger partial charge in [-0.2, -0.15) is 0 Å². The van der Waals surface area contributed by atoms with Crippen molar-refractivity contribution in [3.05, 3.63) is 29.8 Å². The van der Waals surface area contributed by atoms with E-state index in [0.717, 1.165) is 5.56 Å². The fourth-order valence-electron chi connectivity index (χ4n) is 1.75. The van der Waals surface area contributed by atoms with Crippen LogP contribution in [-0.4, -0.2) is 27.4 Å². The Morgan fingerprint density at radius 3 is 2.10 bits per heavy atom. The van der Waals surface area contributed by atoms with Gasteiger partial charge < -0.3 is 11.1 Å². The number of rotatable bonds is 6. The van der Waals surface area contributed by atoms with Crippen LogP contribution in [0.25, 0.3) is 0 Å². The Balaban J connectivity index is 2.81. The van der Waals surface area contributed by atoms with E-state index in [2.05, 4.69) is 10.0 Å². The molecule has 2 atom stereocenters. The van der Waals surface area contributed by atoms with Crippen LogP contribution in [-0.2, 0) is 14.8 Å². The Hall–Kier alpha value is -1.44.